The minimum atomic E-state index is -0.301. The Hall–Kier alpha value is -0.570. The number of esters is 1. The van der Waals surface area contributed by atoms with E-state index in [1.165, 1.54) is 7.11 Å². The fourth-order valence-corrected chi connectivity index (χ4v) is 1.44. The second kappa shape index (κ2) is 3.90. The third kappa shape index (κ3) is 1.61. The minimum Gasteiger partial charge on any atom is -0.468 e. The third-order valence-electron chi connectivity index (χ3n) is 2.38. The van der Waals surface area contributed by atoms with Crippen molar-refractivity contribution in [3.63, 3.8) is 0 Å². The first kappa shape index (κ1) is 9.52. The Balaban J connectivity index is 2.44. The molecule has 1 rings (SSSR count). The summed E-state index contributed by atoms with van der Waals surface area (Å²) in [6.07, 6.45) is 3.08. The van der Waals surface area contributed by atoms with Crippen LogP contribution >= 0.6 is 0 Å². The molecule has 0 unspecified atom stereocenters. The van der Waals surface area contributed by atoms with Crippen LogP contribution in [0, 0.1) is 5.41 Å². The van der Waals surface area contributed by atoms with Crippen molar-refractivity contribution >= 4 is 5.97 Å². The lowest BCUT2D eigenvalue weighted by molar-refractivity contribution is -0.184. The molecule has 0 spiro atoms. The van der Waals surface area contributed by atoms with Crippen molar-refractivity contribution in [2.75, 3.05) is 20.3 Å². The molecule has 0 N–H and O–H groups in total. The van der Waals surface area contributed by atoms with Crippen LogP contribution in [0.25, 0.3) is 0 Å². The predicted octanol–water partition coefficient (Wildman–Crippen LogP) is 1.37. The maximum absolute atomic E-state index is 11.3. The van der Waals surface area contributed by atoms with Gasteiger partial charge < -0.3 is 9.47 Å². The summed E-state index contributed by atoms with van der Waals surface area (Å²) in [5.41, 5.74) is -0.301. The molecular formula is C9H16O3. The molecule has 3 heteroatoms. The van der Waals surface area contributed by atoms with Gasteiger partial charge in [-0.1, -0.05) is 19.8 Å². The molecule has 1 fully saturated rings. The average Bonchev–Trinajstić information content (AvgIpc) is 2.02. The predicted molar refractivity (Wildman–Crippen MR) is 44.8 cm³/mol. The van der Waals surface area contributed by atoms with Gasteiger partial charge in [-0.2, -0.15) is 0 Å². The number of methoxy groups -OCH3 is 1. The number of carbonyl (C=O) groups excluding carboxylic acids is 1. The lowest BCUT2D eigenvalue weighted by atomic mass is 9.81. The molecular weight excluding hydrogens is 156 g/mol. The van der Waals surface area contributed by atoms with Gasteiger partial charge in [0.2, 0.25) is 0 Å². The van der Waals surface area contributed by atoms with Crippen LogP contribution in [-0.2, 0) is 14.3 Å². The maximum atomic E-state index is 11.3. The molecule has 0 atom stereocenters. The summed E-state index contributed by atoms with van der Waals surface area (Å²) >= 11 is 0. The topological polar surface area (TPSA) is 35.5 Å². The van der Waals surface area contributed by atoms with E-state index < -0.39 is 0 Å². The summed E-state index contributed by atoms with van der Waals surface area (Å²) < 4.78 is 9.79. The molecule has 1 heterocycles. The van der Waals surface area contributed by atoms with Crippen molar-refractivity contribution < 1.29 is 14.3 Å². The van der Waals surface area contributed by atoms with Crippen molar-refractivity contribution in [3.8, 4) is 0 Å². The molecule has 0 aromatic carbocycles. The van der Waals surface area contributed by atoms with E-state index in [9.17, 15) is 4.79 Å². The van der Waals surface area contributed by atoms with Gasteiger partial charge in [0.25, 0.3) is 0 Å². The van der Waals surface area contributed by atoms with Crippen LogP contribution in [-0.4, -0.2) is 26.3 Å². The summed E-state index contributed by atoms with van der Waals surface area (Å²) in [5.74, 6) is -0.109. The normalized spacial score (nSPS) is 19.8. The van der Waals surface area contributed by atoms with Gasteiger partial charge in [-0.15, -0.1) is 0 Å². The SMILES string of the molecule is CCCCC1(C(=O)OC)COC1. The first-order valence-electron chi connectivity index (χ1n) is 4.41. The van der Waals surface area contributed by atoms with E-state index >= 15 is 0 Å². The Kier molecular flexibility index (Phi) is 3.09. The lowest BCUT2D eigenvalue weighted by Gasteiger charge is -2.38. The highest BCUT2D eigenvalue weighted by Crippen LogP contribution is 2.34. The lowest BCUT2D eigenvalue weighted by Crippen LogP contribution is -2.49. The van der Waals surface area contributed by atoms with Crippen LogP contribution in [0.15, 0.2) is 0 Å². The summed E-state index contributed by atoms with van der Waals surface area (Å²) in [6, 6.07) is 0. The van der Waals surface area contributed by atoms with Crippen molar-refractivity contribution in [3.05, 3.63) is 0 Å². The first-order chi connectivity index (χ1) is 5.75. The van der Waals surface area contributed by atoms with Gasteiger partial charge in [0.15, 0.2) is 0 Å². The highest BCUT2D eigenvalue weighted by molar-refractivity contribution is 5.77. The van der Waals surface area contributed by atoms with Crippen LogP contribution in [0.1, 0.15) is 26.2 Å². The molecule has 70 valence electrons. The summed E-state index contributed by atoms with van der Waals surface area (Å²) in [6.45, 7) is 3.20. The summed E-state index contributed by atoms with van der Waals surface area (Å²) in [4.78, 5) is 11.3. The van der Waals surface area contributed by atoms with Gasteiger partial charge in [0.1, 0.15) is 5.41 Å². The fourth-order valence-electron chi connectivity index (χ4n) is 1.44. The fraction of sp³-hybridized carbons (Fsp3) is 0.889. The quantitative estimate of drug-likeness (QED) is 0.601. The molecule has 0 radical (unpaired) electrons. The number of ether oxygens (including phenoxy) is 2. The zero-order chi connectivity index (χ0) is 9.03. The number of carbonyl (C=O) groups is 1. The standard InChI is InChI=1S/C9H16O3/c1-3-4-5-9(6-12-7-9)8(10)11-2/h3-7H2,1-2H3. The van der Waals surface area contributed by atoms with Crippen LogP contribution in [0.3, 0.4) is 0 Å². The van der Waals surface area contributed by atoms with E-state index in [2.05, 4.69) is 6.92 Å². The van der Waals surface area contributed by atoms with Gasteiger partial charge in [0, 0.05) is 0 Å². The molecule has 0 bridgehead atoms. The number of unbranched alkanes of at least 4 members (excludes halogenated alkanes) is 1. The van der Waals surface area contributed by atoms with Crippen molar-refractivity contribution in [1.29, 1.82) is 0 Å². The first-order valence-corrected chi connectivity index (χ1v) is 4.41. The van der Waals surface area contributed by atoms with Crippen LogP contribution in [0.5, 0.6) is 0 Å². The summed E-state index contributed by atoms with van der Waals surface area (Å²) in [7, 11) is 1.44. The maximum Gasteiger partial charge on any atom is 0.316 e. The molecule has 12 heavy (non-hydrogen) atoms. The minimum absolute atomic E-state index is 0.109. The Labute approximate surface area is 73.0 Å². The molecule has 3 nitrogen and oxygen atoms in total. The molecule has 0 aromatic rings. The van der Waals surface area contributed by atoms with Gasteiger partial charge in [-0.25, -0.2) is 0 Å². The highest BCUT2D eigenvalue weighted by atomic mass is 16.5. The Morgan fingerprint density at radius 3 is 2.58 bits per heavy atom. The molecule has 0 aromatic heterocycles. The third-order valence-corrected chi connectivity index (χ3v) is 2.38. The molecule has 1 aliphatic rings. The van der Waals surface area contributed by atoms with E-state index in [-0.39, 0.29) is 11.4 Å². The monoisotopic (exact) mass is 172 g/mol. The van der Waals surface area contributed by atoms with Gasteiger partial charge >= 0.3 is 5.97 Å². The zero-order valence-corrected chi connectivity index (χ0v) is 7.76. The number of rotatable bonds is 4. The van der Waals surface area contributed by atoms with E-state index in [1.807, 2.05) is 0 Å². The summed E-state index contributed by atoms with van der Waals surface area (Å²) in [5, 5.41) is 0. The second-order valence-electron chi connectivity index (χ2n) is 3.37. The number of hydrogen-bond acceptors (Lipinski definition) is 3. The largest absolute Gasteiger partial charge is 0.468 e. The molecule has 0 saturated carbocycles. The smallest absolute Gasteiger partial charge is 0.316 e. The van der Waals surface area contributed by atoms with Gasteiger partial charge in [-0.3, -0.25) is 4.79 Å². The number of hydrogen-bond donors (Lipinski definition) is 0. The van der Waals surface area contributed by atoms with Crippen molar-refractivity contribution in [2.45, 2.75) is 26.2 Å². The van der Waals surface area contributed by atoms with E-state index in [4.69, 9.17) is 9.47 Å². The molecule has 0 aliphatic carbocycles. The van der Waals surface area contributed by atoms with Crippen LogP contribution < -0.4 is 0 Å². The van der Waals surface area contributed by atoms with Crippen molar-refractivity contribution in [1.82, 2.24) is 0 Å². The van der Waals surface area contributed by atoms with Crippen molar-refractivity contribution in [2.24, 2.45) is 5.41 Å². The van der Waals surface area contributed by atoms with Gasteiger partial charge in [-0.05, 0) is 6.42 Å². The zero-order valence-electron chi connectivity index (χ0n) is 7.76. The van der Waals surface area contributed by atoms with E-state index in [1.54, 1.807) is 0 Å². The van der Waals surface area contributed by atoms with Crippen LogP contribution in [0.4, 0.5) is 0 Å². The second-order valence-corrected chi connectivity index (χ2v) is 3.37. The van der Waals surface area contributed by atoms with E-state index in [0.29, 0.717) is 13.2 Å². The Bertz CT molecular complexity index is 161. The molecule has 1 saturated heterocycles. The van der Waals surface area contributed by atoms with E-state index in [0.717, 1.165) is 19.3 Å². The average molecular weight is 172 g/mol. The highest BCUT2D eigenvalue weighted by Gasteiger charge is 2.46. The Morgan fingerprint density at radius 2 is 2.25 bits per heavy atom. The van der Waals surface area contributed by atoms with Crippen LogP contribution in [0.2, 0.25) is 0 Å². The molecule has 1 aliphatic heterocycles. The van der Waals surface area contributed by atoms with Gasteiger partial charge in [0.05, 0.1) is 20.3 Å². The molecule has 0 amide bonds. The Morgan fingerprint density at radius 1 is 1.58 bits per heavy atom.